The van der Waals surface area contributed by atoms with Crippen molar-refractivity contribution < 1.29 is 4.79 Å². The van der Waals surface area contributed by atoms with Gasteiger partial charge in [0.05, 0.1) is 11.7 Å². The first kappa shape index (κ1) is 11.1. The highest BCUT2D eigenvalue weighted by Gasteiger charge is 2.07. The first-order valence-electron chi connectivity index (χ1n) is 4.67. The number of nitrogens with one attached hydrogen (secondary N) is 1. The third-order valence-corrected chi connectivity index (χ3v) is 3.19. The molecule has 3 nitrogen and oxygen atoms in total. The predicted molar refractivity (Wildman–Crippen MR) is 64.7 cm³/mol. The van der Waals surface area contributed by atoms with Crippen molar-refractivity contribution in [3.8, 4) is 0 Å². The molecule has 0 saturated heterocycles. The zero-order valence-corrected chi connectivity index (χ0v) is 9.89. The zero-order chi connectivity index (χ0) is 11.4. The summed E-state index contributed by atoms with van der Waals surface area (Å²) in [4.78, 5) is 16.1. The van der Waals surface area contributed by atoms with Gasteiger partial charge in [-0.2, -0.15) is 0 Å². The number of rotatable bonds is 3. The Hall–Kier alpha value is -1.39. The number of hydrogen-bond donors (Lipinski definition) is 1. The van der Waals surface area contributed by atoms with Crippen molar-refractivity contribution in [1.82, 2.24) is 10.3 Å². The minimum atomic E-state index is -0.123. The van der Waals surface area contributed by atoms with Crippen molar-refractivity contribution in [3.63, 3.8) is 0 Å². The van der Waals surface area contributed by atoms with Gasteiger partial charge >= 0.3 is 0 Å². The number of halogens is 1. The maximum absolute atomic E-state index is 11.6. The van der Waals surface area contributed by atoms with Gasteiger partial charge < -0.3 is 5.32 Å². The largest absolute Gasteiger partial charge is 0.347 e. The number of benzene rings is 1. The van der Waals surface area contributed by atoms with E-state index in [-0.39, 0.29) is 5.91 Å². The van der Waals surface area contributed by atoms with Crippen LogP contribution >= 0.6 is 22.9 Å². The molecule has 2 rings (SSSR count). The van der Waals surface area contributed by atoms with Crippen LogP contribution < -0.4 is 5.32 Å². The van der Waals surface area contributed by atoms with Crippen molar-refractivity contribution in [2.75, 3.05) is 0 Å². The van der Waals surface area contributed by atoms with Gasteiger partial charge in [-0.3, -0.25) is 9.78 Å². The lowest BCUT2D eigenvalue weighted by Gasteiger charge is -2.05. The smallest absolute Gasteiger partial charge is 0.263 e. The van der Waals surface area contributed by atoms with Gasteiger partial charge in [-0.05, 0) is 11.6 Å². The molecule has 0 bridgehead atoms. The van der Waals surface area contributed by atoms with E-state index in [1.165, 1.54) is 11.3 Å². The lowest BCUT2D eigenvalue weighted by atomic mass is 10.2. The fourth-order valence-corrected chi connectivity index (χ4v) is 1.97. The molecule has 0 aliphatic heterocycles. The van der Waals surface area contributed by atoms with Crippen molar-refractivity contribution in [1.29, 1.82) is 0 Å². The molecule has 5 heteroatoms. The normalized spacial score (nSPS) is 10.1. The topological polar surface area (TPSA) is 42.0 Å². The number of nitrogens with zero attached hydrogens (tertiary/aromatic N) is 1. The summed E-state index contributed by atoms with van der Waals surface area (Å²) in [5.74, 6) is -0.123. The Morgan fingerprint density at radius 2 is 2.25 bits per heavy atom. The molecule has 1 aromatic heterocycles. The van der Waals surface area contributed by atoms with E-state index in [4.69, 9.17) is 11.6 Å². The van der Waals surface area contributed by atoms with E-state index in [2.05, 4.69) is 10.3 Å². The summed E-state index contributed by atoms with van der Waals surface area (Å²) < 4.78 is 0. The summed E-state index contributed by atoms with van der Waals surface area (Å²) in [5, 5.41) is 3.45. The maximum atomic E-state index is 11.6. The molecule has 1 amide bonds. The van der Waals surface area contributed by atoms with E-state index in [9.17, 15) is 4.79 Å². The highest BCUT2D eigenvalue weighted by molar-refractivity contribution is 7.11. The molecule has 82 valence electrons. The van der Waals surface area contributed by atoms with Gasteiger partial charge in [-0.1, -0.05) is 29.8 Å². The maximum Gasteiger partial charge on any atom is 0.263 e. The Bertz CT molecular complexity index is 484. The summed E-state index contributed by atoms with van der Waals surface area (Å²) >= 11 is 7.29. The molecule has 0 radical (unpaired) electrons. The Morgan fingerprint density at radius 1 is 1.44 bits per heavy atom. The fraction of sp³-hybridized carbons (Fsp3) is 0.0909. The number of aromatic nitrogens is 1. The SMILES string of the molecule is O=C(NCc1ccccc1Cl)c1cncs1. The van der Waals surface area contributed by atoms with Crippen LogP contribution in [0.3, 0.4) is 0 Å². The lowest BCUT2D eigenvalue weighted by Crippen LogP contribution is -2.21. The van der Waals surface area contributed by atoms with Gasteiger partial charge in [-0.25, -0.2) is 0 Å². The van der Waals surface area contributed by atoms with E-state index in [1.807, 2.05) is 18.2 Å². The second-order valence-corrected chi connectivity index (χ2v) is 4.43. The number of thiazole rings is 1. The van der Waals surface area contributed by atoms with E-state index in [1.54, 1.807) is 17.8 Å². The van der Waals surface area contributed by atoms with Crippen LogP contribution in [-0.2, 0) is 6.54 Å². The molecule has 0 fully saturated rings. The molecule has 0 unspecified atom stereocenters. The molecule has 16 heavy (non-hydrogen) atoms. The van der Waals surface area contributed by atoms with Crippen molar-refractivity contribution in [2.24, 2.45) is 0 Å². The molecular formula is C11H9ClN2OS. The number of hydrogen-bond acceptors (Lipinski definition) is 3. The third kappa shape index (κ3) is 2.59. The molecule has 0 aliphatic rings. The van der Waals surface area contributed by atoms with Crippen molar-refractivity contribution >= 4 is 28.8 Å². The van der Waals surface area contributed by atoms with E-state index < -0.39 is 0 Å². The second-order valence-electron chi connectivity index (χ2n) is 3.14. The quantitative estimate of drug-likeness (QED) is 0.913. The van der Waals surface area contributed by atoms with Crippen molar-refractivity contribution in [2.45, 2.75) is 6.54 Å². The molecule has 1 heterocycles. The second kappa shape index (κ2) is 5.09. The number of amides is 1. The van der Waals surface area contributed by atoms with Gasteiger partial charge in [-0.15, -0.1) is 11.3 Å². The molecule has 0 spiro atoms. The van der Waals surface area contributed by atoms with Crippen LogP contribution in [0.1, 0.15) is 15.2 Å². The number of carbonyl (C=O) groups is 1. The summed E-state index contributed by atoms with van der Waals surface area (Å²) in [6, 6.07) is 7.43. The standard InChI is InChI=1S/C11H9ClN2OS/c12-9-4-2-1-3-8(9)5-14-11(15)10-6-13-7-16-10/h1-4,6-7H,5H2,(H,14,15). The third-order valence-electron chi connectivity index (χ3n) is 2.05. The summed E-state index contributed by atoms with van der Waals surface area (Å²) in [6.45, 7) is 0.427. The highest BCUT2D eigenvalue weighted by Crippen LogP contribution is 2.14. The molecule has 0 aliphatic carbocycles. The fourth-order valence-electron chi connectivity index (χ4n) is 1.23. The first-order chi connectivity index (χ1) is 7.77. The van der Waals surface area contributed by atoms with Gasteiger partial charge in [0.2, 0.25) is 0 Å². The van der Waals surface area contributed by atoms with E-state index >= 15 is 0 Å². The van der Waals surface area contributed by atoms with Crippen LogP contribution in [0.25, 0.3) is 0 Å². The van der Waals surface area contributed by atoms with Crippen LogP contribution in [0.15, 0.2) is 36.0 Å². The minimum absolute atomic E-state index is 0.123. The molecular weight excluding hydrogens is 244 g/mol. The van der Waals surface area contributed by atoms with Gasteiger partial charge in [0.1, 0.15) is 4.88 Å². The molecule has 1 N–H and O–H groups in total. The minimum Gasteiger partial charge on any atom is -0.347 e. The van der Waals surface area contributed by atoms with Gasteiger partial charge in [0, 0.05) is 11.6 Å². The first-order valence-corrected chi connectivity index (χ1v) is 5.93. The Labute approximate surface area is 102 Å². The van der Waals surface area contributed by atoms with E-state index in [0.29, 0.717) is 16.4 Å². The van der Waals surface area contributed by atoms with Crippen LogP contribution in [0, 0.1) is 0 Å². The van der Waals surface area contributed by atoms with Crippen LogP contribution in [0.5, 0.6) is 0 Å². The van der Waals surface area contributed by atoms with E-state index in [0.717, 1.165) is 5.56 Å². The zero-order valence-electron chi connectivity index (χ0n) is 8.31. The number of carbonyl (C=O) groups excluding carboxylic acids is 1. The highest BCUT2D eigenvalue weighted by atomic mass is 35.5. The Kier molecular flexibility index (Phi) is 3.54. The summed E-state index contributed by atoms with van der Waals surface area (Å²) in [5.41, 5.74) is 2.53. The molecule has 0 atom stereocenters. The lowest BCUT2D eigenvalue weighted by molar-refractivity contribution is 0.0955. The molecule has 1 aromatic carbocycles. The average Bonchev–Trinajstić information content (AvgIpc) is 2.81. The summed E-state index contributed by atoms with van der Waals surface area (Å²) in [7, 11) is 0. The summed E-state index contributed by atoms with van der Waals surface area (Å²) in [6.07, 6.45) is 1.55. The monoisotopic (exact) mass is 252 g/mol. The van der Waals surface area contributed by atoms with Crippen LogP contribution in [-0.4, -0.2) is 10.9 Å². The van der Waals surface area contributed by atoms with Crippen LogP contribution in [0.4, 0.5) is 0 Å². The van der Waals surface area contributed by atoms with Crippen LogP contribution in [0.2, 0.25) is 5.02 Å². The predicted octanol–water partition coefficient (Wildman–Crippen LogP) is 2.73. The van der Waals surface area contributed by atoms with Crippen molar-refractivity contribution in [3.05, 3.63) is 51.4 Å². The Balaban J connectivity index is 1.98. The molecule has 2 aromatic rings. The average molecular weight is 253 g/mol. The van der Waals surface area contributed by atoms with Gasteiger partial charge in [0.15, 0.2) is 0 Å². The van der Waals surface area contributed by atoms with Gasteiger partial charge in [0.25, 0.3) is 5.91 Å². The Morgan fingerprint density at radius 3 is 2.94 bits per heavy atom. The molecule has 0 saturated carbocycles.